The topological polar surface area (TPSA) is 79.9 Å². The lowest BCUT2D eigenvalue weighted by atomic mass is 9.95. The molecule has 2 fully saturated rings. The number of anilines is 1. The summed E-state index contributed by atoms with van der Waals surface area (Å²) in [6.07, 6.45) is 3.39. The Hall–Kier alpha value is -1.99. The third-order valence-corrected chi connectivity index (χ3v) is 5.18. The lowest BCUT2D eigenvalue weighted by Gasteiger charge is -2.33. The zero-order chi connectivity index (χ0) is 17.2. The summed E-state index contributed by atoms with van der Waals surface area (Å²) < 4.78 is 10.6. The van der Waals surface area contributed by atoms with Crippen LogP contribution in [0.1, 0.15) is 25.7 Å². The third-order valence-electron chi connectivity index (χ3n) is 5.18. The lowest BCUT2D eigenvalue weighted by Crippen LogP contribution is -2.48. The molecule has 3 aliphatic heterocycles. The normalized spacial score (nSPS) is 22.0. The molecular weight excluding hydrogens is 358 g/mol. The summed E-state index contributed by atoms with van der Waals surface area (Å²) in [5, 5.41) is 6.20. The van der Waals surface area contributed by atoms with Gasteiger partial charge in [0.1, 0.15) is 0 Å². The summed E-state index contributed by atoms with van der Waals surface area (Å²) in [5.41, 5.74) is 0.711. The fraction of sp³-hybridized carbons (Fsp3) is 0.556. The number of hydrogen-bond donors (Lipinski definition) is 2. The minimum Gasteiger partial charge on any atom is -0.454 e. The van der Waals surface area contributed by atoms with Gasteiger partial charge < -0.3 is 25.0 Å². The molecule has 1 unspecified atom stereocenters. The Kier molecular flexibility index (Phi) is 5.88. The maximum absolute atomic E-state index is 12.5. The highest BCUT2D eigenvalue weighted by Crippen LogP contribution is 2.34. The predicted molar refractivity (Wildman–Crippen MR) is 98.8 cm³/mol. The smallest absolute Gasteiger partial charge is 0.239 e. The van der Waals surface area contributed by atoms with Gasteiger partial charge in [0.2, 0.25) is 18.6 Å². The van der Waals surface area contributed by atoms with Gasteiger partial charge in [0, 0.05) is 30.8 Å². The second-order valence-corrected chi connectivity index (χ2v) is 6.81. The van der Waals surface area contributed by atoms with E-state index >= 15 is 0 Å². The lowest BCUT2D eigenvalue weighted by molar-refractivity contribution is -0.136. The van der Waals surface area contributed by atoms with E-state index in [9.17, 15) is 9.59 Å². The average molecular weight is 382 g/mol. The quantitative estimate of drug-likeness (QED) is 0.834. The number of benzene rings is 1. The number of halogens is 1. The van der Waals surface area contributed by atoms with Crippen molar-refractivity contribution in [3.63, 3.8) is 0 Å². The van der Waals surface area contributed by atoms with E-state index in [0.717, 1.165) is 19.4 Å². The van der Waals surface area contributed by atoms with Crippen LogP contribution in [0.4, 0.5) is 5.69 Å². The number of piperidine rings is 1. The van der Waals surface area contributed by atoms with Crippen LogP contribution in [0.2, 0.25) is 0 Å². The molecule has 7 nitrogen and oxygen atoms in total. The van der Waals surface area contributed by atoms with Crippen molar-refractivity contribution in [3.05, 3.63) is 18.2 Å². The van der Waals surface area contributed by atoms with E-state index in [-0.39, 0.29) is 43.0 Å². The first-order valence-electron chi connectivity index (χ1n) is 8.93. The zero-order valence-corrected chi connectivity index (χ0v) is 15.3. The molecule has 142 valence electrons. The molecule has 0 bridgehead atoms. The number of carbonyl (C=O) groups is 2. The van der Waals surface area contributed by atoms with Crippen molar-refractivity contribution in [3.8, 4) is 11.5 Å². The first-order chi connectivity index (χ1) is 12.2. The molecule has 1 aromatic rings. The number of ether oxygens (including phenoxy) is 2. The van der Waals surface area contributed by atoms with E-state index in [2.05, 4.69) is 10.6 Å². The molecule has 26 heavy (non-hydrogen) atoms. The largest absolute Gasteiger partial charge is 0.454 e. The Morgan fingerprint density at radius 2 is 1.88 bits per heavy atom. The molecule has 0 aliphatic carbocycles. The minimum absolute atomic E-state index is 0. The van der Waals surface area contributed by atoms with Gasteiger partial charge >= 0.3 is 0 Å². The number of nitrogens with zero attached hydrogens (tertiary/aromatic N) is 1. The van der Waals surface area contributed by atoms with Crippen molar-refractivity contribution in [1.82, 2.24) is 10.2 Å². The number of rotatable bonds is 3. The Morgan fingerprint density at radius 1 is 1.12 bits per heavy atom. The average Bonchev–Trinajstić information content (AvgIpc) is 3.32. The third kappa shape index (κ3) is 3.88. The van der Waals surface area contributed by atoms with Crippen LogP contribution in [-0.4, -0.2) is 49.2 Å². The van der Waals surface area contributed by atoms with E-state index in [1.54, 1.807) is 12.1 Å². The SMILES string of the molecule is Cl.O=C(Nc1ccc2c(c1)OCO2)C1CCN(C(=O)C2CCCN2)CC1. The summed E-state index contributed by atoms with van der Waals surface area (Å²) in [7, 11) is 0. The van der Waals surface area contributed by atoms with E-state index in [1.165, 1.54) is 0 Å². The van der Waals surface area contributed by atoms with Crippen LogP contribution in [0.3, 0.4) is 0 Å². The van der Waals surface area contributed by atoms with Crippen molar-refractivity contribution in [1.29, 1.82) is 0 Å². The number of nitrogens with one attached hydrogen (secondary N) is 2. The molecule has 0 spiro atoms. The Balaban J connectivity index is 0.00000196. The fourth-order valence-electron chi connectivity index (χ4n) is 3.70. The van der Waals surface area contributed by atoms with Crippen molar-refractivity contribution in [2.45, 2.75) is 31.7 Å². The highest BCUT2D eigenvalue weighted by Gasteiger charge is 2.32. The first kappa shape index (κ1) is 18.8. The molecule has 1 atom stereocenters. The van der Waals surface area contributed by atoms with Crippen molar-refractivity contribution < 1.29 is 19.1 Å². The van der Waals surface area contributed by atoms with Crippen LogP contribution in [0.25, 0.3) is 0 Å². The summed E-state index contributed by atoms with van der Waals surface area (Å²) in [5.74, 6) is 1.48. The molecule has 2 saturated heterocycles. The molecule has 4 rings (SSSR count). The highest BCUT2D eigenvalue weighted by atomic mass is 35.5. The predicted octanol–water partition coefficient (Wildman–Crippen LogP) is 1.77. The van der Waals surface area contributed by atoms with Crippen LogP contribution in [0.5, 0.6) is 11.5 Å². The van der Waals surface area contributed by atoms with Gasteiger partial charge in [-0.1, -0.05) is 0 Å². The second-order valence-electron chi connectivity index (χ2n) is 6.81. The maximum Gasteiger partial charge on any atom is 0.239 e. The highest BCUT2D eigenvalue weighted by molar-refractivity contribution is 5.93. The number of hydrogen-bond acceptors (Lipinski definition) is 5. The van der Waals surface area contributed by atoms with Crippen molar-refractivity contribution in [2.24, 2.45) is 5.92 Å². The number of likely N-dealkylation sites (tertiary alicyclic amines) is 1. The van der Waals surface area contributed by atoms with E-state index in [1.807, 2.05) is 11.0 Å². The van der Waals surface area contributed by atoms with Crippen LogP contribution in [0, 0.1) is 5.92 Å². The van der Waals surface area contributed by atoms with E-state index in [4.69, 9.17) is 9.47 Å². The number of amides is 2. The van der Waals surface area contributed by atoms with E-state index in [0.29, 0.717) is 43.1 Å². The molecule has 0 saturated carbocycles. The molecule has 2 N–H and O–H groups in total. The van der Waals surface area contributed by atoms with Crippen molar-refractivity contribution >= 4 is 29.9 Å². The van der Waals surface area contributed by atoms with E-state index < -0.39 is 0 Å². The molecule has 0 aromatic heterocycles. The number of fused-ring (bicyclic) bond motifs is 1. The fourth-order valence-corrected chi connectivity index (χ4v) is 3.70. The Labute approximate surface area is 158 Å². The number of carbonyl (C=O) groups excluding carboxylic acids is 2. The summed E-state index contributed by atoms with van der Waals surface area (Å²) in [6.45, 7) is 2.44. The van der Waals surface area contributed by atoms with Crippen molar-refractivity contribution in [2.75, 3.05) is 31.7 Å². The molecular formula is C18H24ClN3O4. The first-order valence-corrected chi connectivity index (χ1v) is 8.93. The minimum atomic E-state index is -0.0639. The van der Waals surface area contributed by atoms with Crippen LogP contribution >= 0.6 is 12.4 Å². The monoisotopic (exact) mass is 381 g/mol. The zero-order valence-electron chi connectivity index (χ0n) is 14.5. The molecule has 1 aromatic carbocycles. The molecule has 3 heterocycles. The van der Waals surface area contributed by atoms with Gasteiger partial charge in [0.25, 0.3) is 0 Å². The van der Waals surface area contributed by atoms with Gasteiger partial charge in [-0.25, -0.2) is 0 Å². The molecule has 0 radical (unpaired) electrons. The van der Waals surface area contributed by atoms with Gasteiger partial charge in [-0.05, 0) is 44.4 Å². The summed E-state index contributed by atoms with van der Waals surface area (Å²) in [4.78, 5) is 26.8. The Morgan fingerprint density at radius 3 is 2.62 bits per heavy atom. The van der Waals surface area contributed by atoms with Gasteiger partial charge in [0.15, 0.2) is 11.5 Å². The standard InChI is InChI=1S/C18H23N3O4.ClH/c22-17(20-13-3-4-15-16(10-13)25-11-24-15)12-5-8-21(9-6-12)18(23)14-2-1-7-19-14;/h3-4,10,12,14,19H,1-2,5-9,11H2,(H,20,22);1H. The van der Waals surface area contributed by atoms with Gasteiger partial charge in [-0.3, -0.25) is 9.59 Å². The maximum atomic E-state index is 12.5. The van der Waals surface area contributed by atoms with Crippen LogP contribution < -0.4 is 20.1 Å². The van der Waals surface area contributed by atoms with Gasteiger partial charge in [-0.2, -0.15) is 0 Å². The molecule has 8 heteroatoms. The Bertz CT molecular complexity index is 670. The van der Waals surface area contributed by atoms with Gasteiger partial charge in [0.05, 0.1) is 6.04 Å². The summed E-state index contributed by atoms with van der Waals surface area (Å²) >= 11 is 0. The second kappa shape index (κ2) is 8.14. The molecule has 2 amide bonds. The van der Waals surface area contributed by atoms with Crippen LogP contribution in [0.15, 0.2) is 18.2 Å². The van der Waals surface area contributed by atoms with Gasteiger partial charge in [-0.15, -0.1) is 12.4 Å². The molecule has 3 aliphatic rings. The van der Waals surface area contributed by atoms with Crippen LogP contribution in [-0.2, 0) is 9.59 Å². The summed E-state index contributed by atoms with van der Waals surface area (Å²) in [6, 6.07) is 5.37.